The van der Waals surface area contributed by atoms with Crippen LogP contribution >= 0.6 is 12.4 Å². The van der Waals surface area contributed by atoms with Crippen LogP contribution in [0.3, 0.4) is 0 Å². The summed E-state index contributed by atoms with van der Waals surface area (Å²) in [6.07, 6.45) is 3.50. The maximum absolute atomic E-state index is 12.9. The van der Waals surface area contributed by atoms with Crippen molar-refractivity contribution in [3.8, 4) is 0 Å². The van der Waals surface area contributed by atoms with Gasteiger partial charge in [0.2, 0.25) is 5.91 Å². The Hall–Kier alpha value is -2.60. The van der Waals surface area contributed by atoms with Gasteiger partial charge in [-0.2, -0.15) is 0 Å². The van der Waals surface area contributed by atoms with Crippen LogP contribution in [0.4, 0.5) is 5.82 Å². The van der Waals surface area contributed by atoms with Gasteiger partial charge < -0.3 is 14.7 Å². The average molecular weight is 429 g/mol. The van der Waals surface area contributed by atoms with Crippen LogP contribution < -0.4 is 4.90 Å². The van der Waals surface area contributed by atoms with Crippen LogP contribution in [0, 0.1) is 13.8 Å². The molecule has 3 heterocycles. The Morgan fingerprint density at radius 3 is 2.33 bits per heavy atom. The molecule has 6 nitrogen and oxygen atoms in total. The number of nitrogens with zero attached hydrogens (tertiary/aromatic N) is 4. The zero-order valence-corrected chi connectivity index (χ0v) is 18.5. The van der Waals surface area contributed by atoms with E-state index in [1.54, 1.807) is 0 Å². The molecule has 0 unspecified atom stereocenters. The van der Waals surface area contributed by atoms with Gasteiger partial charge in [-0.15, -0.1) is 12.4 Å². The summed E-state index contributed by atoms with van der Waals surface area (Å²) in [5.74, 6) is 1.31. The number of anilines is 1. The maximum Gasteiger partial charge on any atom is 0.253 e. The SMILES string of the molecule is Cc1cnc(N2CCN(C(=O)c3ccc(CN4CCCC4=O)cc3)CC2)c(C)c1.Cl. The van der Waals surface area contributed by atoms with E-state index in [2.05, 4.69) is 29.8 Å². The van der Waals surface area contributed by atoms with Crippen LogP contribution in [0.5, 0.6) is 0 Å². The molecule has 1 aromatic carbocycles. The molecule has 2 aliphatic rings. The molecule has 0 bridgehead atoms. The van der Waals surface area contributed by atoms with Crippen molar-refractivity contribution in [3.63, 3.8) is 0 Å². The summed E-state index contributed by atoms with van der Waals surface area (Å²) in [5, 5.41) is 0. The number of pyridine rings is 1. The van der Waals surface area contributed by atoms with Crippen LogP contribution in [0.15, 0.2) is 36.5 Å². The molecule has 160 valence electrons. The standard InChI is InChI=1S/C23H28N4O2.ClH/c1-17-14-18(2)22(24-15-17)25-10-12-26(13-11-25)23(29)20-7-5-19(6-8-20)16-27-9-3-4-21(27)28;/h5-8,14-15H,3-4,9-13,16H2,1-2H3;1H. The lowest BCUT2D eigenvalue weighted by Gasteiger charge is -2.36. The molecule has 2 amide bonds. The van der Waals surface area contributed by atoms with E-state index in [9.17, 15) is 9.59 Å². The number of carbonyl (C=O) groups is 2. The number of carbonyl (C=O) groups excluding carboxylic acids is 2. The van der Waals surface area contributed by atoms with Crippen molar-refractivity contribution in [2.45, 2.75) is 33.2 Å². The smallest absolute Gasteiger partial charge is 0.253 e. The van der Waals surface area contributed by atoms with Crippen molar-refractivity contribution in [3.05, 3.63) is 58.8 Å². The molecule has 2 aliphatic heterocycles. The van der Waals surface area contributed by atoms with Crippen molar-refractivity contribution in [1.82, 2.24) is 14.8 Å². The number of hydrogen-bond acceptors (Lipinski definition) is 4. The first-order valence-electron chi connectivity index (χ1n) is 10.4. The maximum atomic E-state index is 12.9. The molecular formula is C23H29ClN4O2. The molecule has 0 N–H and O–H groups in total. The zero-order valence-electron chi connectivity index (χ0n) is 17.6. The van der Waals surface area contributed by atoms with E-state index >= 15 is 0 Å². The first-order valence-corrected chi connectivity index (χ1v) is 10.4. The molecule has 0 aliphatic carbocycles. The van der Waals surface area contributed by atoms with Crippen LogP contribution in [0.25, 0.3) is 0 Å². The summed E-state index contributed by atoms with van der Waals surface area (Å²) in [4.78, 5) is 35.3. The molecular weight excluding hydrogens is 400 g/mol. The van der Waals surface area contributed by atoms with Gasteiger partial charge in [0.15, 0.2) is 0 Å². The third kappa shape index (κ3) is 4.75. The molecule has 1 aromatic heterocycles. The number of likely N-dealkylation sites (tertiary alicyclic amines) is 1. The minimum absolute atomic E-state index is 0. The predicted molar refractivity (Wildman–Crippen MR) is 120 cm³/mol. The quantitative estimate of drug-likeness (QED) is 0.750. The third-order valence-electron chi connectivity index (χ3n) is 5.80. The number of aromatic nitrogens is 1. The highest BCUT2D eigenvalue weighted by atomic mass is 35.5. The average Bonchev–Trinajstić information content (AvgIpc) is 3.13. The van der Waals surface area contributed by atoms with Crippen LogP contribution in [-0.4, -0.2) is 59.3 Å². The van der Waals surface area contributed by atoms with Gasteiger partial charge in [-0.05, 0) is 49.1 Å². The monoisotopic (exact) mass is 428 g/mol. The molecule has 0 atom stereocenters. The van der Waals surface area contributed by atoms with Crippen molar-refractivity contribution in [2.75, 3.05) is 37.6 Å². The molecule has 2 saturated heterocycles. The first-order chi connectivity index (χ1) is 14.0. The van der Waals surface area contributed by atoms with E-state index < -0.39 is 0 Å². The van der Waals surface area contributed by atoms with Gasteiger partial charge in [0.1, 0.15) is 5.82 Å². The van der Waals surface area contributed by atoms with Crippen LogP contribution in [0.2, 0.25) is 0 Å². The highest BCUT2D eigenvalue weighted by molar-refractivity contribution is 5.94. The number of hydrogen-bond donors (Lipinski definition) is 0. The topological polar surface area (TPSA) is 56.8 Å². The van der Waals surface area contributed by atoms with Gasteiger partial charge in [-0.3, -0.25) is 9.59 Å². The zero-order chi connectivity index (χ0) is 20.4. The number of benzene rings is 1. The number of rotatable bonds is 4. The second kappa shape index (κ2) is 9.47. The Labute approximate surface area is 184 Å². The second-order valence-corrected chi connectivity index (χ2v) is 8.05. The van der Waals surface area contributed by atoms with E-state index in [1.165, 1.54) is 5.56 Å². The fraction of sp³-hybridized carbons (Fsp3) is 0.435. The first kappa shape index (κ1) is 22.1. The summed E-state index contributed by atoms with van der Waals surface area (Å²) in [7, 11) is 0. The summed E-state index contributed by atoms with van der Waals surface area (Å²) in [6.45, 7) is 8.57. The lowest BCUT2D eigenvalue weighted by atomic mass is 10.1. The Kier molecular flexibility index (Phi) is 6.98. The summed E-state index contributed by atoms with van der Waals surface area (Å²) >= 11 is 0. The Bertz CT molecular complexity index is 908. The van der Waals surface area contributed by atoms with Crippen LogP contribution in [0.1, 0.15) is 39.9 Å². The Morgan fingerprint density at radius 1 is 1.03 bits per heavy atom. The van der Waals surface area contributed by atoms with Crippen molar-refractivity contribution in [2.24, 2.45) is 0 Å². The normalized spacial score (nSPS) is 16.6. The van der Waals surface area contributed by atoms with E-state index in [0.29, 0.717) is 31.6 Å². The summed E-state index contributed by atoms with van der Waals surface area (Å²) in [5.41, 5.74) is 4.12. The molecule has 0 spiro atoms. The van der Waals surface area contributed by atoms with E-state index in [0.717, 1.165) is 43.0 Å². The van der Waals surface area contributed by atoms with Crippen molar-refractivity contribution in [1.29, 1.82) is 0 Å². The lowest BCUT2D eigenvalue weighted by molar-refractivity contribution is -0.128. The minimum atomic E-state index is 0. The van der Waals surface area contributed by atoms with Crippen LogP contribution in [-0.2, 0) is 11.3 Å². The Morgan fingerprint density at radius 2 is 1.73 bits per heavy atom. The summed E-state index contributed by atoms with van der Waals surface area (Å²) in [6, 6.07) is 9.85. The van der Waals surface area contributed by atoms with Crippen molar-refractivity contribution < 1.29 is 9.59 Å². The third-order valence-corrected chi connectivity index (χ3v) is 5.80. The van der Waals surface area contributed by atoms with E-state index in [1.807, 2.05) is 40.3 Å². The largest absolute Gasteiger partial charge is 0.353 e. The van der Waals surface area contributed by atoms with E-state index in [-0.39, 0.29) is 24.2 Å². The number of piperazine rings is 1. The molecule has 7 heteroatoms. The van der Waals surface area contributed by atoms with Gasteiger partial charge >= 0.3 is 0 Å². The molecule has 0 radical (unpaired) electrons. The second-order valence-electron chi connectivity index (χ2n) is 8.05. The van der Waals surface area contributed by atoms with Gasteiger partial charge in [-0.1, -0.05) is 18.2 Å². The number of aryl methyl sites for hydroxylation is 2. The molecule has 4 rings (SSSR count). The van der Waals surface area contributed by atoms with Gasteiger partial charge in [0.25, 0.3) is 5.91 Å². The fourth-order valence-electron chi connectivity index (χ4n) is 4.19. The molecule has 0 saturated carbocycles. The lowest BCUT2D eigenvalue weighted by Crippen LogP contribution is -2.49. The minimum Gasteiger partial charge on any atom is -0.353 e. The van der Waals surface area contributed by atoms with Crippen molar-refractivity contribution >= 4 is 30.0 Å². The number of amides is 2. The highest BCUT2D eigenvalue weighted by Crippen LogP contribution is 2.20. The summed E-state index contributed by atoms with van der Waals surface area (Å²) < 4.78 is 0. The molecule has 2 aromatic rings. The van der Waals surface area contributed by atoms with Gasteiger partial charge in [-0.25, -0.2) is 4.98 Å². The Balaban J connectivity index is 0.00000256. The van der Waals surface area contributed by atoms with Gasteiger partial charge in [0, 0.05) is 57.4 Å². The molecule has 30 heavy (non-hydrogen) atoms. The fourth-order valence-corrected chi connectivity index (χ4v) is 4.19. The van der Waals surface area contributed by atoms with Gasteiger partial charge in [0.05, 0.1) is 0 Å². The predicted octanol–water partition coefficient (Wildman–Crippen LogP) is 3.21. The van der Waals surface area contributed by atoms with E-state index in [4.69, 9.17) is 0 Å². The highest BCUT2D eigenvalue weighted by Gasteiger charge is 2.24. The molecule has 2 fully saturated rings. The number of halogens is 1.